The van der Waals surface area contributed by atoms with Crippen molar-refractivity contribution in [2.24, 2.45) is 12.1 Å². The molecule has 0 bridgehead atoms. The number of benzene rings is 2. The monoisotopic (exact) mass is 376 g/mol. The Balaban J connectivity index is 1.59. The Hall–Kier alpha value is -2.38. The van der Waals surface area contributed by atoms with Gasteiger partial charge in [-0.3, -0.25) is 4.79 Å². The Kier molecular flexibility index (Phi) is 5.35. The zero-order chi connectivity index (χ0) is 17.8. The SMILES string of the molecule is Cn1c(SCC(=O)N/N=C\c2c(F)cccc2Cl)nc2ccccc21. The molecule has 1 N–H and O–H groups in total. The lowest BCUT2D eigenvalue weighted by atomic mass is 10.2. The summed E-state index contributed by atoms with van der Waals surface area (Å²) in [6, 6.07) is 12.1. The number of rotatable bonds is 5. The summed E-state index contributed by atoms with van der Waals surface area (Å²) < 4.78 is 15.5. The highest BCUT2D eigenvalue weighted by atomic mass is 35.5. The fraction of sp³-hybridized carbons (Fsp3) is 0.118. The van der Waals surface area contributed by atoms with Crippen molar-refractivity contribution in [3.63, 3.8) is 0 Å². The second-order valence-electron chi connectivity index (χ2n) is 5.16. The van der Waals surface area contributed by atoms with Crippen LogP contribution in [0.15, 0.2) is 52.7 Å². The van der Waals surface area contributed by atoms with E-state index in [9.17, 15) is 9.18 Å². The third-order valence-corrected chi connectivity index (χ3v) is 4.82. The van der Waals surface area contributed by atoms with Crippen molar-refractivity contribution in [1.29, 1.82) is 0 Å². The van der Waals surface area contributed by atoms with Gasteiger partial charge in [-0.25, -0.2) is 14.8 Å². The summed E-state index contributed by atoms with van der Waals surface area (Å²) >= 11 is 7.18. The van der Waals surface area contributed by atoms with E-state index in [4.69, 9.17) is 11.6 Å². The van der Waals surface area contributed by atoms with E-state index in [0.29, 0.717) is 0 Å². The molecule has 8 heteroatoms. The van der Waals surface area contributed by atoms with Gasteiger partial charge in [-0.15, -0.1) is 0 Å². The van der Waals surface area contributed by atoms with Crippen molar-refractivity contribution in [3.05, 3.63) is 58.9 Å². The number of nitrogens with one attached hydrogen (secondary N) is 1. The van der Waals surface area contributed by atoms with Crippen LogP contribution in [0.3, 0.4) is 0 Å². The van der Waals surface area contributed by atoms with Crippen LogP contribution in [0.25, 0.3) is 11.0 Å². The molecule has 0 aliphatic rings. The van der Waals surface area contributed by atoms with Crippen LogP contribution in [0.5, 0.6) is 0 Å². The van der Waals surface area contributed by atoms with Crippen molar-refractivity contribution >= 4 is 46.5 Å². The van der Waals surface area contributed by atoms with Gasteiger partial charge >= 0.3 is 0 Å². The number of hydrogen-bond donors (Lipinski definition) is 1. The molecule has 0 spiro atoms. The first-order valence-electron chi connectivity index (χ1n) is 7.36. The fourth-order valence-electron chi connectivity index (χ4n) is 2.22. The number of thioether (sulfide) groups is 1. The average molecular weight is 377 g/mol. The maximum atomic E-state index is 13.6. The minimum atomic E-state index is -0.500. The molecule has 0 aliphatic carbocycles. The van der Waals surface area contributed by atoms with Crippen molar-refractivity contribution in [2.45, 2.75) is 5.16 Å². The first-order chi connectivity index (χ1) is 12.1. The van der Waals surface area contributed by atoms with E-state index >= 15 is 0 Å². The molecule has 2 aromatic carbocycles. The zero-order valence-corrected chi connectivity index (χ0v) is 14.8. The molecule has 25 heavy (non-hydrogen) atoms. The summed E-state index contributed by atoms with van der Waals surface area (Å²) in [6.45, 7) is 0. The molecule has 3 aromatic rings. The third kappa shape index (κ3) is 4.00. The molecule has 5 nitrogen and oxygen atoms in total. The molecular formula is C17H14ClFN4OS. The Labute approximate surface area is 152 Å². The second kappa shape index (κ2) is 7.67. The summed E-state index contributed by atoms with van der Waals surface area (Å²) in [5, 5.41) is 4.71. The number of carbonyl (C=O) groups excluding carboxylic acids is 1. The van der Waals surface area contributed by atoms with Crippen LogP contribution in [0.4, 0.5) is 4.39 Å². The van der Waals surface area contributed by atoms with Crippen LogP contribution in [-0.4, -0.2) is 27.4 Å². The number of aromatic nitrogens is 2. The first-order valence-corrected chi connectivity index (χ1v) is 8.73. The molecule has 0 saturated carbocycles. The van der Waals surface area contributed by atoms with E-state index in [2.05, 4.69) is 15.5 Å². The van der Waals surface area contributed by atoms with Crippen LogP contribution in [0, 0.1) is 5.82 Å². The average Bonchev–Trinajstić information content (AvgIpc) is 2.92. The number of halogens is 2. The van der Waals surface area contributed by atoms with Crippen LogP contribution < -0.4 is 5.43 Å². The number of nitrogens with zero attached hydrogens (tertiary/aromatic N) is 3. The van der Waals surface area contributed by atoms with Gasteiger partial charge in [-0.2, -0.15) is 5.10 Å². The molecule has 128 valence electrons. The van der Waals surface area contributed by atoms with Gasteiger partial charge in [-0.05, 0) is 24.3 Å². The molecular weight excluding hydrogens is 363 g/mol. The van der Waals surface area contributed by atoms with Gasteiger partial charge in [0.2, 0.25) is 0 Å². The van der Waals surface area contributed by atoms with Crippen LogP contribution >= 0.6 is 23.4 Å². The number of para-hydroxylation sites is 2. The Morgan fingerprint density at radius 3 is 2.92 bits per heavy atom. The van der Waals surface area contributed by atoms with Gasteiger partial charge in [0.15, 0.2) is 5.16 Å². The van der Waals surface area contributed by atoms with Gasteiger partial charge in [0.05, 0.1) is 28.0 Å². The van der Waals surface area contributed by atoms with Gasteiger partial charge in [0.25, 0.3) is 5.91 Å². The van der Waals surface area contributed by atoms with Crippen LogP contribution in [0.2, 0.25) is 5.02 Å². The summed E-state index contributed by atoms with van der Waals surface area (Å²) in [5.74, 6) is -0.681. The number of carbonyl (C=O) groups is 1. The molecule has 0 radical (unpaired) electrons. The number of hydrogen-bond acceptors (Lipinski definition) is 4. The standard InChI is InChI=1S/C17H14ClFN4OS/c1-23-15-8-3-2-7-14(15)21-17(23)25-10-16(24)22-20-9-11-12(18)5-4-6-13(11)19/h2-9H,10H2,1H3,(H,22,24)/b20-9-. The summed E-state index contributed by atoms with van der Waals surface area (Å²) in [5.41, 5.74) is 4.36. The first kappa shape index (κ1) is 17.4. The Bertz CT molecular complexity index is 937. The predicted molar refractivity (Wildman–Crippen MR) is 98.6 cm³/mol. The third-order valence-electron chi connectivity index (χ3n) is 3.46. The molecule has 0 saturated heterocycles. The highest BCUT2D eigenvalue weighted by Gasteiger charge is 2.10. The molecule has 0 unspecified atom stereocenters. The van der Waals surface area contributed by atoms with E-state index in [1.54, 1.807) is 6.07 Å². The normalized spacial score (nSPS) is 11.3. The van der Waals surface area contributed by atoms with Crippen LogP contribution in [-0.2, 0) is 11.8 Å². The Morgan fingerprint density at radius 2 is 2.16 bits per heavy atom. The molecule has 0 fully saturated rings. The molecule has 0 atom stereocenters. The van der Waals surface area contributed by atoms with Crippen molar-refractivity contribution in [3.8, 4) is 0 Å². The molecule has 0 aliphatic heterocycles. The Morgan fingerprint density at radius 1 is 1.36 bits per heavy atom. The molecule has 1 amide bonds. The maximum Gasteiger partial charge on any atom is 0.250 e. The quantitative estimate of drug-likeness (QED) is 0.420. The van der Waals surface area contributed by atoms with Gasteiger partial charge in [0.1, 0.15) is 5.82 Å². The zero-order valence-electron chi connectivity index (χ0n) is 13.2. The van der Waals surface area contributed by atoms with Crippen molar-refractivity contribution in [1.82, 2.24) is 15.0 Å². The largest absolute Gasteiger partial charge is 0.322 e. The van der Waals surface area contributed by atoms with Crippen molar-refractivity contribution < 1.29 is 9.18 Å². The van der Waals surface area contributed by atoms with Gasteiger partial charge in [-0.1, -0.05) is 41.6 Å². The lowest BCUT2D eigenvalue weighted by Crippen LogP contribution is -2.20. The maximum absolute atomic E-state index is 13.6. The lowest BCUT2D eigenvalue weighted by molar-refractivity contribution is -0.118. The number of hydrazone groups is 1. The molecule has 3 rings (SSSR count). The predicted octanol–water partition coefficient (Wildman–Crippen LogP) is 3.61. The second-order valence-corrected chi connectivity index (χ2v) is 6.51. The lowest BCUT2D eigenvalue weighted by Gasteiger charge is -2.02. The summed E-state index contributed by atoms with van der Waals surface area (Å²) in [4.78, 5) is 16.4. The summed E-state index contributed by atoms with van der Waals surface area (Å²) in [6.07, 6.45) is 1.19. The van der Waals surface area contributed by atoms with E-state index in [1.165, 1.54) is 30.1 Å². The highest BCUT2D eigenvalue weighted by Crippen LogP contribution is 2.22. The van der Waals surface area contributed by atoms with E-state index < -0.39 is 5.82 Å². The molecule has 1 aromatic heterocycles. The minimum absolute atomic E-state index is 0.132. The number of amides is 1. The highest BCUT2D eigenvalue weighted by molar-refractivity contribution is 7.99. The van der Waals surface area contributed by atoms with Crippen LogP contribution in [0.1, 0.15) is 5.56 Å². The summed E-state index contributed by atoms with van der Waals surface area (Å²) in [7, 11) is 1.90. The van der Waals surface area contributed by atoms with E-state index in [-0.39, 0.29) is 22.2 Å². The number of aryl methyl sites for hydroxylation is 1. The van der Waals surface area contributed by atoms with E-state index in [0.717, 1.165) is 16.2 Å². The minimum Gasteiger partial charge on any atom is -0.322 e. The van der Waals surface area contributed by atoms with Crippen molar-refractivity contribution in [2.75, 3.05) is 5.75 Å². The van der Waals surface area contributed by atoms with Gasteiger partial charge in [0, 0.05) is 12.6 Å². The topological polar surface area (TPSA) is 59.3 Å². The number of imidazole rings is 1. The van der Waals surface area contributed by atoms with E-state index in [1.807, 2.05) is 35.9 Å². The van der Waals surface area contributed by atoms with Gasteiger partial charge < -0.3 is 4.57 Å². The molecule has 1 heterocycles. The smallest absolute Gasteiger partial charge is 0.250 e. The fourth-order valence-corrected chi connectivity index (χ4v) is 3.21. The number of fused-ring (bicyclic) bond motifs is 1.